The number of likely N-dealkylation sites (tertiary alicyclic amines) is 1. The van der Waals surface area contributed by atoms with Crippen molar-refractivity contribution in [2.75, 3.05) is 37.9 Å². The molecular weight excluding hydrogens is 608 g/mol. The van der Waals surface area contributed by atoms with Gasteiger partial charge >= 0.3 is 0 Å². The van der Waals surface area contributed by atoms with E-state index in [0.717, 1.165) is 74.1 Å². The third kappa shape index (κ3) is 10.3. The van der Waals surface area contributed by atoms with E-state index in [1.807, 2.05) is 60.7 Å². The Morgan fingerprint density at radius 3 is 2.35 bits per heavy atom. The summed E-state index contributed by atoms with van der Waals surface area (Å²) < 4.78 is 18.6. The summed E-state index contributed by atoms with van der Waals surface area (Å²) in [7, 11) is 1.76. The second-order valence-electron chi connectivity index (χ2n) is 12.8. The number of rotatable bonds is 16. The van der Waals surface area contributed by atoms with Gasteiger partial charge in [-0.25, -0.2) is 0 Å². The summed E-state index contributed by atoms with van der Waals surface area (Å²) in [6.07, 6.45) is 5.39. The smallest absolute Gasteiger partial charge is 0.224 e. The summed E-state index contributed by atoms with van der Waals surface area (Å²) in [5, 5.41) is 15.3. The monoisotopic (exact) mass is 658 g/mol. The molecular formula is C38H50N4O6. The van der Waals surface area contributed by atoms with E-state index in [9.17, 15) is 14.7 Å². The third-order valence-electron chi connectivity index (χ3n) is 9.20. The van der Waals surface area contributed by atoms with Crippen LogP contribution in [-0.2, 0) is 37.0 Å². The fourth-order valence-electron chi connectivity index (χ4n) is 6.46. The van der Waals surface area contributed by atoms with Gasteiger partial charge in [-0.3, -0.25) is 14.5 Å². The van der Waals surface area contributed by atoms with Crippen LogP contribution in [0.15, 0.2) is 72.8 Å². The number of hydrogen-bond donors (Lipinski definition) is 4. The van der Waals surface area contributed by atoms with Crippen molar-refractivity contribution >= 4 is 23.2 Å². The van der Waals surface area contributed by atoms with Crippen molar-refractivity contribution in [3.05, 3.63) is 95.1 Å². The van der Waals surface area contributed by atoms with Crippen molar-refractivity contribution in [2.45, 2.75) is 89.1 Å². The number of ether oxygens (including phenoxy) is 3. The van der Waals surface area contributed by atoms with Gasteiger partial charge in [0, 0.05) is 51.1 Å². The number of methoxy groups -OCH3 is 1. The Kier molecular flexibility index (Phi) is 13.4. The van der Waals surface area contributed by atoms with Crippen LogP contribution in [0, 0.1) is 0 Å². The zero-order valence-electron chi connectivity index (χ0n) is 27.9. The van der Waals surface area contributed by atoms with Gasteiger partial charge in [0.1, 0.15) is 0 Å². The SMILES string of the molecule is COCC1CCCN1CC1CC(c2ccc(CO)cc2)OC(c2ccc(CNC(=O)CCCCCC(=O)Nc3ccccc3N)cc2)O1. The first-order valence-corrected chi connectivity index (χ1v) is 17.1. The van der Waals surface area contributed by atoms with Crippen molar-refractivity contribution in [3.63, 3.8) is 0 Å². The molecule has 5 N–H and O–H groups in total. The molecule has 2 fully saturated rings. The number of aliphatic hydroxyl groups is 1. The van der Waals surface area contributed by atoms with Crippen molar-refractivity contribution in [1.29, 1.82) is 0 Å². The maximum absolute atomic E-state index is 12.5. The Hall–Kier alpha value is -3.80. The lowest BCUT2D eigenvalue weighted by atomic mass is 9.99. The summed E-state index contributed by atoms with van der Waals surface area (Å²) in [6, 6.07) is 23.6. The molecule has 2 saturated heterocycles. The van der Waals surface area contributed by atoms with Gasteiger partial charge in [-0.2, -0.15) is 0 Å². The van der Waals surface area contributed by atoms with Crippen molar-refractivity contribution < 1.29 is 28.9 Å². The number of amides is 2. The van der Waals surface area contributed by atoms with Crippen LogP contribution < -0.4 is 16.4 Å². The molecule has 2 aliphatic rings. The molecule has 0 aromatic heterocycles. The standard InChI is InChI=1S/C38H50N4O6/c1-46-26-31-8-7-21-42(31)24-32-22-35(29-17-15-28(25-43)16-18-29)48-38(47-32)30-19-13-27(14-20-30)23-40-36(44)11-3-2-4-12-37(45)41-34-10-6-5-9-33(34)39/h5-6,9-10,13-20,31-32,35,38,43H,2-4,7-8,11-12,21-26,39H2,1H3,(H,40,44)(H,41,45). The highest BCUT2D eigenvalue weighted by Gasteiger charge is 2.35. The summed E-state index contributed by atoms with van der Waals surface area (Å²) in [6.45, 7) is 3.03. The van der Waals surface area contributed by atoms with Crippen molar-refractivity contribution in [2.24, 2.45) is 0 Å². The van der Waals surface area contributed by atoms with Gasteiger partial charge in [0.25, 0.3) is 0 Å². The average Bonchev–Trinajstić information content (AvgIpc) is 3.54. The minimum Gasteiger partial charge on any atom is -0.397 e. The molecule has 0 spiro atoms. The molecule has 2 aliphatic heterocycles. The molecule has 0 radical (unpaired) electrons. The zero-order valence-corrected chi connectivity index (χ0v) is 27.9. The van der Waals surface area contributed by atoms with Crippen molar-refractivity contribution in [3.8, 4) is 0 Å². The predicted octanol–water partition coefficient (Wildman–Crippen LogP) is 5.62. The van der Waals surface area contributed by atoms with Crippen LogP contribution in [0.2, 0.25) is 0 Å². The minimum absolute atomic E-state index is 0.00822. The van der Waals surface area contributed by atoms with Crippen molar-refractivity contribution in [1.82, 2.24) is 10.2 Å². The number of nitrogen functional groups attached to an aromatic ring is 1. The largest absolute Gasteiger partial charge is 0.397 e. The predicted molar refractivity (Wildman–Crippen MR) is 186 cm³/mol. The number of unbranched alkanes of at least 4 members (excludes halogenated alkanes) is 2. The highest BCUT2D eigenvalue weighted by Crippen LogP contribution is 2.38. The molecule has 2 heterocycles. The topological polar surface area (TPSA) is 135 Å². The van der Waals surface area contributed by atoms with E-state index in [-0.39, 0.29) is 30.6 Å². The summed E-state index contributed by atoms with van der Waals surface area (Å²) >= 11 is 0. The first-order chi connectivity index (χ1) is 23.4. The molecule has 48 heavy (non-hydrogen) atoms. The molecule has 0 bridgehead atoms. The number of nitrogens with two attached hydrogens (primary N) is 1. The Morgan fingerprint density at radius 1 is 0.917 bits per heavy atom. The first kappa shape index (κ1) is 35.5. The highest BCUT2D eigenvalue weighted by atomic mass is 16.7. The van der Waals surface area contributed by atoms with Crippen LogP contribution in [0.25, 0.3) is 0 Å². The second-order valence-corrected chi connectivity index (χ2v) is 12.8. The lowest BCUT2D eigenvalue weighted by molar-refractivity contribution is -0.253. The molecule has 10 heteroatoms. The van der Waals surface area contributed by atoms with Crippen LogP contribution in [0.1, 0.15) is 86.0 Å². The maximum atomic E-state index is 12.5. The van der Waals surface area contributed by atoms with Gasteiger partial charge in [0.15, 0.2) is 6.29 Å². The fraction of sp³-hybridized carbons (Fsp3) is 0.474. The van der Waals surface area contributed by atoms with E-state index in [2.05, 4.69) is 15.5 Å². The number of carbonyl (C=O) groups is 2. The molecule has 2 amide bonds. The van der Waals surface area contributed by atoms with E-state index >= 15 is 0 Å². The first-order valence-electron chi connectivity index (χ1n) is 17.1. The lowest BCUT2D eigenvalue weighted by Gasteiger charge is -2.38. The lowest BCUT2D eigenvalue weighted by Crippen LogP contribution is -2.42. The maximum Gasteiger partial charge on any atom is 0.224 e. The van der Waals surface area contributed by atoms with E-state index < -0.39 is 6.29 Å². The van der Waals surface area contributed by atoms with E-state index in [1.165, 1.54) is 0 Å². The van der Waals surface area contributed by atoms with Gasteiger partial charge in [-0.15, -0.1) is 0 Å². The van der Waals surface area contributed by atoms with Crippen LogP contribution in [0.4, 0.5) is 11.4 Å². The number of aliphatic hydroxyl groups excluding tert-OH is 1. The van der Waals surface area contributed by atoms with Gasteiger partial charge in [0.05, 0.1) is 36.8 Å². The normalized spacial score (nSPS) is 21.2. The summed E-state index contributed by atoms with van der Waals surface area (Å²) in [5.41, 5.74) is 10.9. The molecule has 0 aliphatic carbocycles. The number of anilines is 2. The second kappa shape index (κ2) is 18.1. The number of carbonyl (C=O) groups excluding carboxylic acids is 2. The molecule has 4 atom stereocenters. The molecule has 4 unspecified atom stereocenters. The number of hydrogen-bond acceptors (Lipinski definition) is 8. The number of benzene rings is 3. The number of para-hydroxylation sites is 2. The summed E-state index contributed by atoms with van der Waals surface area (Å²) in [5.74, 6) is -0.0824. The molecule has 5 rings (SSSR count). The number of nitrogens with zero attached hydrogens (tertiary/aromatic N) is 1. The van der Waals surface area contributed by atoms with Crippen LogP contribution in [0.3, 0.4) is 0 Å². The van der Waals surface area contributed by atoms with Gasteiger partial charge in [-0.05, 0) is 61.1 Å². The Labute approximate surface area is 283 Å². The molecule has 0 saturated carbocycles. The minimum atomic E-state index is -0.523. The molecule has 3 aromatic rings. The molecule has 3 aromatic carbocycles. The third-order valence-corrected chi connectivity index (χ3v) is 9.20. The quantitative estimate of drug-likeness (QED) is 0.115. The van der Waals surface area contributed by atoms with Gasteiger partial charge in [-0.1, -0.05) is 67.1 Å². The van der Waals surface area contributed by atoms with E-state index in [0.29, 0.717) is 43.2 Å². The van der Waals surface area contributed by atoms with Crippen LogP contribution >= 0.6 is 0 Å². The van der Waals surface area contributed by atoms with Gasteiger partial charge in [0.2, 0.25) is 11.8 Å². The molecule has 10 nitrogen and oxygen atoms in total. The Balaban J connectivity index is 1.09. The van der Waals surface area contributed by atoms with E-state index in [1.54, 1.807) is 19.2 Å². The van der Waals surface area contributed by atoms with E-state index in [4.69, 9.17) is 19.9 Å². The Morgan fingerprint density at radius 2 is 1.62 bits per heavy atom. The zero-order chi connectivity index (χ0) is 33.7. The highest BCUT2D eigenvalue weighted by molar-refractivity contribution is 5.93. The fourth-order valence-corrected chi connectivity index (χ4v) is 6.46. The Bertz CT molecular complexity index is 1450. The van der Waals surface area contributed by atoms with Crippen LogP contribution in [0.5, 0.6) is 0 Å². The molecule has 258 valence electrons. The summed E-state index contributed by atoms with van der Waals surface area (Å²) in [4.78, 5) is 27.2. The van der Waals surface area contributed by atoms with Gasteiger partial charge < -0.3 is 35.7 Å². The average molecular weight is 659 g/mol. The number of nitrogens with one attached hydrogen (secondary N) is 2. The van der Waals surface area contributed by atoms with Crippen LogP contribution in [-0.4, -0.2) is 60.8 Å².